The van der Waals surface area contributed by atoms with Crippen LogP contribution in [0.2, 0.25) is 0 Å². The zero-order chi connectivity index (χ0) is 13.3. The van der Waals surface area contributed by atoms with Crippen LogP contribution in [-0.4, -0.2) is 36.1 Å². The molecule has 98 valence electrons. The van der Waals surface area contributed by atoms with Crippen molar-refractivity contribution in [1.82, 2.24) is 4.90 Å². The Labute approximate surface area is 109 Å². The molecule has 0 saturated carbocycles. The quantitative estimate of drug-likeness (QED) is 0.763. The van der Waals surface area contributed by atoms with Crippen LogP contribution in [-0.2, 0) is 4.74 Å². The zero-order valence-electron chi connectivity index (χ0n) is 11.6. The van der Waals surface area contributed by atoms with E-state index in [-0.39, 0.29) is 18.1 Å². The van der Waals surface area contributed by atoms with E-state index in [1.54, 1.807) is 0 Å². The maximum atomic E-state index is 12.6. The number of ether oxygens (including phenoxy) is 1. The van der Waals surface area contributed by atoms with E-state index in [4.69, 9.17) is 4.74 Å². The number of rotatable bonds is 1. The summed E-state index contributed by atoms with van der Waals surface area (Å²) in [6.07, 6.45) is 0.121. The Morgan fingerprint density at radius 1 is 1.33 bits per heavy atom. The average Bonchev–Trinajstić information content (AvgIpc) is 2.35. The number of amides is 1. The molecule has 2 rings (SSSR count). The highest BCUT2D eigenvalue weighted by Gasteiger charge is 2.28. The molecule has 0 bridgehead atoms. The van der Waals surface area contributed by atoms with E-state index in [0.717, 1.165) is 16.7 Å². The second-order valence-electron chi connectivity index (χ2n) is 5.20. The third-order valence-corrected chi connectivity index (χ3v) is 3.70. The Hall–Kier alpha value is -1.35. The Balaban J connectivity index is 2.27. The number of hydrogen-bond donors (Lipinski definition) is 0. The third kappa shape index (κ3) is 2.41. The summed E-state index contributed by atoms with van der Waals surface area (Å²) in [6, 6.07) is 6.05. The van der Waals surface area contributed by atoms with Gasteiger partial charge in [0.25, 0.3) is 5.91 Å². The molecule has 0 spiro atoms. The van der Waals surface area contributed by atoms with Crippen molar-refractivity contribution >= 4 is 5.91 Å². The molecular formula is C15H21NO2. The maximum Gasteiger partial charge on any atom is 0.254 e. The van der Waals surface area contributed by atoms with Gasteiger partial charge in [0.2, 0.25) is 0 Å². The molecule has 0 radical (unpaired) electrons. The summed E-state index contributed by atoms with van der Waals surface area (Å²) < 4.78 is 5.57. The predicted molar refractivity (Wildman–Crippen MR) is 71.8 cm³/mol. The van der Waals surface area contributed by atoms with Crippen molar-refractivity contribution in [2.24, 2.45) is 0 Å². The Bertz CT molecular complexity index is 456. The maximum absolute atomic E-state index is 12.6. The lowest BCUT2D eigenvalue weighted by molar-refractivity contribution is -0.0387. The second kappa shape index (κ2) is 5.11. The molecule has 0 aromatic heterocycles. The van der Waals surface area contributed by atoms with Gasteiger partial charge in [-0.3, -0.25) is 4.79 Å². The van der Waals surface area contributed by atoms with Gasteiger partial charge in [-0.15, -0.1) is 0 Å². The van der Waals surface area contributed by atoms with Gasteiger partial charge in [-0.1, -0.05) is 12.1 Å². The SMILES string of the molecule is Cc1cccc(C(=O)N2CC(C)OCC2C)c1C. The van der Waals surface area contributed by atoms with Gasteiger partial charge in [-0.2, -0.15) is 0 Å². The van der Waals surface area contributed by atoms with E-state index in [2.05, 4.69) is 0 Å². The van der Waals surface area contributed by atoms with E-state index in [1.165, 1.54) is 0 Å². The predicted octanol–water partition coefficient (Wildman–Crippen LogP) is 2.55. The molecule has 0 aliphatic carbocycles. The molecule has 1 heterocycles. The fraction of sp³-hybridized carbons (Fsp3) is 0.533. The molecule has 3 heteroatoms. The molecular weight excluding hydrogens is 226 g/mol. The minimum absolute atomic E-state index is 0.121. The summed E-state index contributed by atoms with van der Waals surface area (Å²) >= 11 is 0. The van der Waals surface area contributed by atoms with E-state index in [1.807, 2.05) is 50.8 Å². The number of nitrogens with zero attached hydrogens (tertiary/aromatic N) is 1. The van der Waals surface area contributed by atoms with Crippen molar-refractivity contribution < 1.29 is 9.53 Å². The summed E-state index contributed by atoms with van der Waals surface area (Å²) in [4.78, 5) is 14.5. The first kappa shape index (κ1) is 13.1. The largest absolute Gasteiger partial charge is 0.375 e. The molecule has 1 saturated heterocycles. The van der Waals surface area contributed by atoms with Crippen LogP contribution in [0, 0.1) is 13.8 Å². The zero-order valence-corrected chi connectivity index (χ0v) is 11.6. The smallest absolute Gasteiger partial charge is 0.254 e. The van der Waals surface area contributed by atoms with Gasteiger partial charge in [0.15, 0.2) is 0 Å². The van der Waals surface area contributed by atoms with Gasteiger partial charge in [0, 0.05) is 12.1 Å². The molecule has 1 aromatic carbocycles. The Morgan fingerprint density at radius 2 is 2.06 bits per heavy atom. The number of benzene rings is 1. The first-order valence-electron chi connectivity index (χ1n) is 6.49. The Kier molecular flexibility index (Phi) is 3.71. The first-order valence-corrected chi connectivity index (χ1v) is 6.49. The molecule has 1 aliphatic rings. The normalized spacial score (nSPS) is 24.1. The van der Waals surface area contributed by atoms with Crippen molar-refractivity contribution in [3.05, 3.63) is 34.9 Å². The topological polar surface area (TPSA) is 29.5 Å². The van der Waals surface area contributed by atoms with Gasteiger partial charge in [0.1, 0.15) is 0 Å². The monoisotopic (exact) mass is 247 g/mol. The highest BCUT2D eigenvalue weighted by Crippen LogP contribution is 2.19. The van der Waals surface area contributed by atoms with E-state index in [9.17, 15) is 4.79 Å². The second-order valence-corrected chi connectivity index (χ2v) is 5.20. The van der Waals surface area contributed by atoms with Gasteiger partial charge >= 0.3 is 0 Å². The van der Waals surface area contributed by atoms with Crippen LogP contribution in [0.15, 0.2) is 18.2 Å². The molecule has 2 unspecified atom stereocenters. The summed E-state index contributed by atoms with van der Waals surface area (Å²) in [6.45, 7) is 9.39. The lowest BCUT2D eigenvalue weighted by atomic mass is 10.0. The number of carbonyl (C=O) groups excluding carboxylic acids is 1. The molecule has 0 N–H and O–H groups in total. The molecule has 3 nitrogen and oxygen atoms in total. The van der Waals surface area contributed by atoms with Crippen LogP contribution >= 0.6 is 0 Å². The molecule has 1 aromatic rings. The fourth-order valence-corrected chi connectivity index (χ4v) is 2.32. The first-order chi connectivity index (χ1) is 8.50. The van der Waals surface area contributed by atoms with Crippen molar-refractivity contribution in [1.29, 1.82) is 0 Å². The minimum Gasteiger partial charge on any atom is -0.375 e. The average molecular weight is 247 g/mol. The van der Waals surface area contributed by atoms with Crippen molar-refractivity contribution in [2.45, 2.75) is 39.8 Å². The van der Waals surface area contributed by atoms with Crippen molar-refractivity contribution in [3.8, 4) is 0 Å². The van der Waals surface area contributed by atoms with E-state index >= 15 is 0 Å². The van der Waals surface area contributed by atoms with Crippen LogP contribution in [0.3, 0.4) is 0 Å². The summed E-state index contributed by atoms with van der Waals surface area (Å²) in [5.74, 6) is 0.124. The highest BCUT2D eigenvalue weighted by molar-refractivity contribution is 5.96. The molecule has 18 heavy (non-hydrogen) atoms. The molecule has 2 atom stereocenters. The van der Waals surface area contributed by atoms with Crippen LogP contribution in [0.25, 0.3) is 0 Å². The highest BCUT2D eigenvalue weighted by atomic mass is 16.5. The number of carbonyl (C=O) groups is 1. The van der Waals surface area contributed by atoms with Crippen LogP contribution in [0.1, 0.15) is 35.3 Å². The van der Waals surface area contributed by atoms with E-state index in [0.29, 0.717) is 13.2 Å². The lowest BCUT2D eigenvalue weighted by Gasteiger charge is -2.37. The standard InChI is InChI=1S/C15H21NO2/c1-10-6-5-7-14(13(10)4)15(17)16-8-12(3)18-9-11(16)2/h5-7,11-12H,8-9H2,1-4H3. The number of hydrogen-bond acceptors (Lipinski definition) is 2. The summed E-state index contributed by atoms with van der Waals surface area (Å²) in [7, 11) is 0. The molecule has 1 fully saturated rings. The number of morpholine rings is 1. The minimum atomic E-state index is 0.121. The van der Waals surface area contributed by atoms with Gasteiger partial charge in [-0.05, 0) is 44.9 Å². The molecule has 1 amide bonds. The van der Waals surface area contributed by atoms with Crippen LogP contribution in [0.4, 0.5) is 0 Å². The van der Waals surface area contributed by atoms with Crippen LogP contribution in [0.5, 0.6) is 0 Å². The number of aryl methyl sites for hydroxylation is 1. The Morgan fingerprint density at radius 3 is 2.78 bits per heavy atom. The molecule has 1 aliphatic heterocycles. The van der Waals surface area contributed by atoms with Gasteiger partial charge in [-0.25, -0.2) is 0 Å². The van der Waals surface area contributed by atoms with Crippen LogP contribution < -0.4 is 0 Å². The van der Waals surface area contributed by atoms with Crippen molar-refractivity contribution in [2.75, 3.05) is 13.2 Å². The summed E-state index contributed by atoms with van der Waals surface area (Å²) in [5, 5.41) is 0. The van der Waals surface area contributed by atoms with E-state index < -0.39 is 0 Å². The fourth-order valence-electron chi connectivity index (χ4n) is 2.32. The lowest BCUT2D eigenvalue weighted by Crippen LogP contribution is -2.50. The third-order valence-electron chi connectivity index (χ3n) is 3.70. The van der Waals surface area contributed by atoms with Crippen molar-refractivity contribution in [3.63, 3.8) is 0 Å². The van der Waals surface area contributed by atoms with Gasteiger partial charge in [0.05, 0.1) is 18.8 Å². The summed E-state index contributed by atoms with van der Waals surface area (Å²) in [5.41, 5.74) is 3.06. The van der Waals surface area contributed by atoms with Gasteiger partial charge < -0.3 is 9.64 Å².